The second-order valence-corrected chi connectivity index (χ2v) is 22.1. The lowest BCUT2D eigenvalue weighted by atomic mass is 10.1. The largest absolute Gasteiger partial charge is 0.255 e. The zero-order valence-corrected chi connectivity index (χ0v) is 74.6. The molecule has 12 heteroatoms. The lowest BCUT2D eigenvalue weighted by Crippen LogP contribution is -1.89. The Hall–Kier alpha value is -11.8. The number of pyridine rings is 12. The number of para-hydroxylation sites is 4. The van der Waals surface area contributed by atoms with Gasteiger partial charge in [0.05, 0.1) is 66.2 Å². The van der Waals surface area contributed by atoms with Gasteiger partial charge in [-0.1, -0.05) is 274 Å². The summed E-state index contributed by atoms with van der Waals surface area (Å²) >= 11 is 0. The van der Waals surface area contributed by atoms with Gasteiger partial charge in [0.2, 0.25) is 0 Å². The van der Waals surface area contributed by atoms with Crippen molar-refractivity contribution in [3.8, 4) is 0 Å². The summed E-state index contributed by atoms with van der Waals surface area (Å²) in [5.41, 5.74) is 19.2. The van der Waals surface area contributed by atoms with Crippen LogP contribution in [-0.4, -0.2) is 59.8 Å². The van der Waals surface area contributed by atoms with Crippen LogP contribution in [0.3, 0.4) is 0 Å². The zero-order valence-electron chi connectivity index (χ0n) is 74.6. The van der Waals surface area contributed by atoms with Crippen LogP contribution in [0, 0.1) is 41.5 Å². The van der Waals surface area contributed by atoms with Gasteiger partial charge in [-0.3, -0.25) is 59.8 Å². The summed E-state index contributed by atoms with van der Waals surface area (Å²) in [6.07, 6.45) is 20.5. The van der Waals surface area contributed by atoms with Gasteiger partial charge >= 0.3 is 0 Å². The zero-order chi connectivity index (χ0) is 85.5. The van der Waals surface area contributed by atoms with Crippen LogP contribution in [0.15, 0.2) is 256 Å². The molecule has 114 heavy (non-hydrogen) atoms. The van der Waals surface area contributed by atoms with Gasteiger partial charge in [0.15, 0.2) is 0 Å². The Morgan fingerprint density at radius 2 is 0.561 bits per heavy atom. The van der Waals surface area contributed by atoms with Gasteiger partial charge in [-0.05, 0) is 149 Å². The molecule has 0 unspecified atom stereocenters. The van der Waals surface area contributed by atoms with Gasteiger partial charge in [0.25, 0.3) is 0 Å². The third-order valence-electron chi connectivity index (χ3n) is 15.7. The van der Waals surface area contributed by atoms with E-state index in [4.69, 9.17) is 0 Å². The van der Waals surface area contributed by atoms with Crippen molar-refractivity contribution < 1.29 is 0 Å². The van der Waals surface area contributed by atoms with Crippen LogP contribution in [0.5, 0.6) is 0 Å². The monoisotopic (exact) mass is 1530 g/mol. The molecule has 12 heterocycles. The van der Waals surface area contributed by atoms with Gasteiger partial charge in [-0.2, -0.15) is 0 Å². The molecule has 0 saturated heterocycles. The second kappa shape index (κ2) is 58.2. The second-order valence-electron chi connectivity index (χ2n) is 22.1. The number of nitrogens with zero attached hydrogens (tertiary/aromatic N) is 12. The predicted octanol–water partition coefficient (Wildman–Crippen LogP) is 30.9. The van der Waals surface area contributed by atoms with E-state index >= 15 is 0 Å². The van der Waals surface area contributed by atoms with E-state index in [2.05, 4.69) is 166 Å². The van der Waals surface area contributed by atoms with Crippen LogP contribution >= 0.6 is 0 Å². The van der Waals surface area contributed by atoms with E-state index < -0.39 is 0 Å². The highest BCUT2D eigenvalue weighted by Gasteiger charge is 2.09. The number of fused-ring (bicyclic) bond motifs is 18. The van der Waals surface area contributed by atoms with Crippen LogP contribution in [0.25, 0.3) is 131 Å². The first kappa shape index (κ1) is 100. The lowest BCUT2D eigenvalue weighted by Gasteiger charge is -2.04. The van der Waals surface area contributed by atoms with Crippen molar-refractivity contribution in [2.24, 2.45) is 0 Å². The molecule has 0 aliphatic heterocycles. The molecule has 0 aliphatic carbocycles. The molecule has 0 radical (unpaired) electrons. The van der Waals surface area contributed by atoms with E-state index in [0.29, 0.717) is 0 Å². The minimum Gasteiger partial charge on any atom is -0.255 e. The molecule has 0 N–H and O–H groups in total. The maximum atomic E-state index is 4.56. The maximum absolute atomic E-state index is 4.56. The topological polar surface area (TPSA) is 155 Å². The molecular formula is C102H132N12. The smallest absolute Gasteiger partial charge is 0.0965 e. The number of hydrogen-bond acceptors (Lipinski definition) is 12. The highest BCUT2D eigenvalue weighted by Crippen LogP contribution is 2.29. The Kier molecular flexibility index (Phi) is 51.2. The van der Waals surface area contributed by atoms with Crippen molar-refractivity contribution in [2.75, 3.05) is 0 Å². The van der Waals surface area contributed by atoms with Crippen LogP contribution in [0.2, 0.25) is 0 Å². The Labute approximate surface area is 684 Å². The fraction of sp³-hybridized carbons (Fsp3) is 0.294. The molecule has 12 nitrogen and oxygen atoms in total. The maximum Gasteiger partial charge on any atom is 0.0965 e. The fourth-order valence-electron chi connectivity index (χ4n) is 11.2. The molecule has 0 aliphatic rings. The lowest BCUT2D eigenvalue weighted by molar-refractivity contribution is 1.27. The standard InChI is InChI=1S/6C13H10N2.12C2H6/c1-9-4-2-6-11-12(9)15-8-10-5-3-7-14-13(10)11;1-9-4-5-11-10(7-9)8-15-12-3-2-6-14-13(11)12;1-9-4-5-10-8-15-12-3-2-6-14-13(12)11(10)7-9;1-9-10-6-4-8-14-13(10)11-5-2-3-7-12(11)15-9;1-9-6-10-8-14-12-5-3-2-4-11(12)13(10)15-7-9;1-9-6-7-14-13-10-4-2-3-5-12(10)15-8-11(9)13;12*1-2/h6*2-8H,1H3;12*1-2H3. The van der Waals surface area contributed by atoms with Crippen molar-refractivity contribution in [2.45, 2.75) is 208 Å². The highest BCUT2D eigenvalue weighted by atomic mass is 14.8. The third-order valence-corrected chi connectivity index (χ3v) is 15.7. The summed E-state index contributed by atoms with van der Waals surface area (Å²) in [6.45, 7) is 60.4. The molecule has 0 amide bonds. The van der Waals surface area contributed by atoms with Crippen LogP contribution in [0.1, 0.15) is 200 Å². The van der Waals surface area contributed by atoms with E-state index in [9.17, 15) is 0 Å². The summed E-state index contributed by atoms with van der Waals surface area (Å²) in [5.74, 6) is 0. The first-order valence-electron chi connectivity index (χ1n) is 41.7. The molecule has 0 atom stereocenters. The minimum atomic E-state index is 0.953. The van der Waals surface area contributed by atoms with Crippen LogP contribution in [-0.2, 0) is 0 Å². The number of aromatic nitrogens is 12. The van der Waals surface area contributed by atoms with Crippen molar-refractivity contribution in [1.29, 1.82) is 0 Å². The quantitative estimate of drug-likeness (QED) is 0.133. The molecule has 6 aromatic carbocycles. The first-order valence-corrected chi connectivity index (χ1v) is 41.7. The molecule has 0 bridgehead atoms. The van der Waals surface area contributed by atoms with E-state index in [1.54, 1.807) is 0 Å². The van der Waals surface area contributed by atoms with E-state index in [0.717, 1.165) is 126 Å². The number of benzene rings is 6. The highest BCUT2D eigenvalue weighted by molar-refractivity contribution is 6.08. The SMILES string of the molecule is CC.CC.CC.CC.CC.CC.CC.CC.CC.CC.CC.CC.Cc1ccc2c(cnc3cccnc32)c1.Cc1ccc2cnc3cccnc3c2c1.Cc1cccc2c1ncc1cccnc12.Cc1ccnc2c1cnc1ccccc12.Cc1cnc2c(cnc3ccccc32)c1.Cc1nc2ccccc2c2ncccc12. The summed E-state index contributed by atoms with van der Waals surface area (Å²) in [4.78, 5) is 53.1. The first-order chi connectivity index (χ1) is 56.1. The van der Waals surface area contributed by atoms with Crippen molar-refractivity contribution in [3.63, 3.8) is 0 Å². The average molecular weight is 1530 g/mol. The van der Waals surface area contributed by atoms with E-state index in [1.807, 2.05) is 357 Å². The normalized spacial score (nSPS) is 9.32. The Balaban J connectivity index is 0.000000648. The number of aryl methyl sites for hydroxylation is 6. The summed E-state index contributed by atoms with van der Waals surface area (Å²) in [5, 5.41) is 13.6. The molecule has 0 spiro atoms. The van der Waals surface area contributed by atoms with Gasteiger partial charge in [-0.25, -0.2) is 0 Å². The van der Waals surface area contributed by atoms with Crippen LogP contribution < -0.4 is 0 Å². The number of hydrogen-bond donors (Lipinski definition) is 0. The molecule has 0 saturated carbocycles. The molecular weight excluding hydrogens is 1390 g/mol. The predicted molar refractivity (Wildman–Crippen MR) is 507 cm³/mol. The van der Waals surface area contributed by atoms with Crippen molar-refractivity contribution in [3.05, 3.63) is 290 Å². The van der Waals surface area contributed by atoms with Gasteiger partial charge < -0.3 is 0 Å². The summed E-state index contributed by atoms with van der Waals surface area (Å²) < 4.78 is 0. The van der Waals surface area contributed by atoms with E-state index in [1.165, 1.54) is 38.6 Å². The van der Waals surface area contributed by atoms with E-state index in [-0.39, 0.29) is 0 Å². The van der Waals surface area contributed by atoms with Crippen molar-refractivity contribution in [1.82, 2.24) is 59.8 Å². The molecule has 18 rings (SSSR count). The fourth-order valence-corrected chi connectivity index (χ4v) is 11.2. The molecule has 600 valence electrons. The molecule has 0 fully saturated rings. The summed E-state index contributed by atoms with van der Waals surface area (Å²) in [6, 6.07) is 63.1. The molecule has 18 aromatic rings. The minimum absolute atomic E-state index is 0.953. The van der Waals surface area contributed by atoms with Gasteiger partial charge in [0.1, 0.15) is 0 Å². The Morgan fingerprint density at radius 3 is 1.16 bits per heavy atom. The third kappa shape index (κ3) is 27.6. The molecule has 12 aromatic heterocycles. The average Bonchev–Trinajstić information content (AvgIpc) is 0.817. The van der Waals surface area contributed by atoms with Crippen molar-refractivity contribution >= 4 is 131 Å². The Morgan fingerprint density at radius 1 is 0.175 bits per heavy atom. The Bertz CT molecular complexity index is 5350. The van der Waals surface area contributed by atoms with Gasteiger partial charge in [0, 0.05) is 138 Å². The van der Waals surface area contributed by atoms with Gasteiger partial charge in [-0.15, -0.1) is 0 Å². The number of rotatable bonds is 0. The van der Waals surface area contributed by atoms with Crippen LogP contribution in [0.4, 0.5) is 0 Å². The summed E-state index contributed by atoms with van der Waals surface area (Å²) in [7, 11) is 0.